The van der Waals surface area contributed by atoms with Gasteiger partial charge in [0, 0.05) is 18.6 Å². The molecule has 0 radical (unpaired) electrons. The molecule has 0 spiro atoms. The molecule has 82 valence electrons. The van der Waals surface area contributed by atoms with Gasteiger partial charge in [-0.05, 0) is 42.7 Å². The minimum atomic E-state index is -0.199. The SMILES string of the molecule is Cc1ccncc1C(N)c1ncccc1C. The molecular weight excluding hydrogens is 198 g/mol. The van der Waals surface area contributed by atoms with Gasteiger partial charge in [0.05, 0.1) is 11.7 Å². The molecule has 0 aliphatic heterocycles. The van der Waals surface area contributed by atoms with Crippen molar-refractivity contribution in [1.29, 1.82) is 0 Å². The summed E-state index contributed by atoms with van der Waals surface area (Å²) in [7, 11) is 0. The molecule has 0 amide bonds. The van der Waals surface area contributed by atoms with Crippen molar-refractivity contribution >= 4 is 0 Å². The molecule has 1 atom stereocenters. The zero-order valence-electron chi connectivity index (χ0n) is 9.51. The first-order chi connectivity index (χ1) is 7.70. The molecule has 0 aliphatic rings. The van der Waals surface area contributed by atoms with Crippen LogP contribution in [0.15, 0.2) is 36.8 Å². The van der Waals surface area contributed by atoms with E-state index < -0.39 is 0 Å². The molecule has 3 nitrogen and oxygen atoms in total. The van der Waals surface area contributed by atoms with Crippen LogP contribution in [0, 0.1) is 13.8 Å². The van der Waals surface area contributed by atoms with Gasteiger partial charge in [0.1, 0.15) is 0 Å². The van der Waals surface area contributed by atoms with Gasteiger partial charge in [0.25, 0.3) is 0 Å². The molecule has 2 aromatic rings. The van der Waals surface area contributed by atoms with E-state index in [9.17, 15) is 0 Å². The molecule has 2 aromatic heterocycles. The molecule has 0 saturated carbocycles. The quantitative estimate of drug-likeness (QED) is 0.831. The normalized spacial score (nSPS) is 12.4. The molecule has 1 unspecified atom stereocenters. The van der Waals surface area contributed by atoms with E-state index in [1.807, 2.05) is 38.2 Å². The van der Waals surface area contributed by atoms with Crippen LogP contribution < -0.4 is 5.73 Å². The van der Waals surface area contributed by atoms with E-state index in [0.717, 1.165) is 22.4 Å². The summed E-state index contributed by atoms with van der Waals surface area (Å²) in [5.74, 6) is 0. The first-order valence-corrected chi connectivity index (χ1v) is 5.27. The van der Waals surface area contributed by atoms with Crippen LogP contribution in [0.3, 0.4) is 0 Å². The van der Waals surface area contributed by atoms with Crippen molar-refractivity contribution in [2.75, 3.05) is 0 Å². The number of nitrogens with zero attached hydrogens (tertiary/aromatic N) is 2. The zero-order chi connectivity index (χ0) is 11.5. The van der Waals surface area contributed by atoms with Gasteiger partial charge in [0.15, 0.2) is 0 Å². The predicted molar refractivity (Wildman–Crippen MR) is 64.0 cm³/mol. The fourth-order valence-corrected chi connectivity index (χ4v) is 1.77. The van der Waals surface area contributed by atoms with E-state index in [4.69, 9.17) is 5.73 Å². The highest BCUT2D eigenvalue weighted by Crippen LogP contribution is 2.22. The summed E-state index contributed by atoms with van der Waals surface area (Å²) >= 11 is 0. The molecule has 2 N–H and O–H groups in total. The summed E-state index contributed by atoms with van der Waals surface area (Å²) in [5, 5.41) is 0. The van der Waals surface area contributed by atoms with Crippen LogP contribution in [0.2, 0.25) is 0 Å². The third-order valence-electron chi connectivity index (χ3n) is 2.76. The second-order valence-electron chi connectivity index (χ2n) is 3.92. The van der Waals surface area contributed by atoms with Gasteiger partial charge in [-0.2, -0.15) is 0 Å². The van der Waals surface area contributed by atoms with Gasteiger partial charge in [-0.25, -0.2) is 0 Å². The fourth-order valence-electron chi connectivity index (χ4n) is 1.77. The predicted octanol–water partition coefficient (Wildman–Crippen LogP) is 2.14. The number of hydrogen-bond acceptors (Lipinski definition) is 3. The van der Waals surface area contributed by atoms with Crippen LogP contribution in [-0.2, 0) is 0 Å². The molecular formula is C13H15N3. The van der Waals surface area contributed by atoms with E-state index >= 15 is 0 Å². The zero-order valence-corrected chi connectivity index (χ0v) is 9.51. The van der Waals surface area contributed by atoms with Crippen LogP contribution in [-0.4, -0.2) is 9.97 Å². The van der Waals surface area contributed by atoms with Crippen molar-refractivity contribution in [2.45, 2.75) is 19.9 Å². The van der Waals surface area contributed by atoms with Gasteiger partial charge >= 0.3 is 0 Å². The average molecular weight is 213 g/mol. The lowest BCUT2D eigenvalue weighted by Crippen LogP contribution is -2.16. The van der Waals surface area contributed by atoms with Crippen LogP contribution >= 0.6 is 0 Å². The number of aromatic nitrogens is 2. The summed E-state index contributed by atoms with van der Waals surface area (Å²) in [5.41, 5.74) is 10.4. The highest BCUT2D eigenvalue weighted by atomic mass is 14.8. The van der Waals surface area contributed by atoms with E-state index in [1.165, 1.54) is 0 Å². The van der Waals surface area contributed by atoms with Gasteiger partial charge in [-0.15, -0.1) is 0 Å². The molecule has 16 heavy (non-hydrogen) atoms. The Balaban J connectivity index is 2.44. The summed E-state index contributed by atoms with van der Waals surface area (Å²) in [6, 6.07) is 5.71. The molecule has 0 aromatic carbocycles. The smallest absolute Gasteiger partial charge is 0.0746 e. The van der Waals surface area contributed by atoms with Crippen molar-refractivity contribution in [1.82, 2.24) is 9.97 Å². The molecule has 2 rings (SSSR count). The number of pyridine rings is 2. The van der Waals surface area contributed by atoms with Gasteiger partial charge in [-0.1, -0.05) is 6.07 Å². The monoisotopic (exact) mass is 213 g/mol. The summed E-state index contributed by atoms with van der Waals surface area (Å²) in [6.07, 6.45) is 5.36. The molecule has 3 heteroatoms. The third-order valence-corrected chi connectivity index (χ3v) is 2.76. The van der Waals surface area contributed by atoms with Crippen molar-refractivity contribution < 1.29 is 0 Å². The van der Waals surface area contributed by atoms with Gasteiger partial charge in [0.2, 0.25) is 0 Å². The fraction of sp³-hybridized carbons (Fsp3) is 0.231. The molecule has 0 bridgehead atoms. The summed E-state index contributed by atoms with van der Waals surface area (Å²) < 4.78 is 0. The number of nitrogens with two attached hydrogens (primary N) is 1. The molecule has 0 saturated heterocycles. The van der Waals surface area contributed by atoms with E-state index in [2.05, 4.69) is 9.97 Å². The van der Waals surface area contributed by atoms with Crippen LogP contribution in [0.1, 0.15) is 28.4 Å². The molecule has 2 heterocycles. The highest BCUT2D eigenvalue weighted by Gasteiger charge is 2.14. The standard InChI is InChI=1S/C13H15N3/c1-9-5-7-15-8-11(9)12(14)13-10(2)4-3-6-16-13/h3-8,12H,14H2,1-2H3. The lowest BCUT2D eigenvalue weighted by Gasteiger charge is -2.15. The first-order valence-electron chi connectivity index (χ1n) is 5.27. The van der Waals surface area contributed by atoms with Crippen molar-refractivity contribution in [3.05, 3.63) is 59.2 Å². The number of hydrogen-bond donors (Lipinski definition) is 1. The van der Waals surface area contributed by atoms with Crippen LogP contribution in [0.25, 0.3) is 0 Å². The van der Waals surface area contributed by atoms with E-state index in [1.54, 1.807) is 12.4 Å². The number of aryl methyl sites for hydroxylation is 2. The van der Waals surface area contributed by atoms with Gasteiger partial charge < -0.3 is 5.73 Å². The highest BCUT2D eigenvalue weighted by molar-refractivity contribution is 5.34. The second-order valence-corrected chi connectivity index (χ2v) is 3.92. The summed E-state index contributed by atoms with van der Waals surface area (Å²) in [4.78, 5) is 8.46. The Labute approximate surface area is 95.4 Å². The largest absolute Gasteiger partial charge is 0.319 e. The Morgan fingerprint density at radius 1 is 1.12 bits per heavy atom. The number of rotatable bonds is 2. The summed E-state index contributed by atoms with van der Waals surface area (Å²) in [6.45, 7) is 4.06. The Hall–Kier alpha value is -1.74. The first kappa shape index (κ1) is 10.8. The maximum atomic E-state index is 6.22. The Morgan fingerprint density at radius 3 is 2.62 bits per heavy atom. The minimum Gasteiger partial charge on any atom is -0.319 e. The lowest BCUT2D eigenvalue weighted by molar-refractivity contribution is 0.804. The van der Waals surface area contributed by atoms with Crippen molar-refractivity contribution in [3.63, 3.8) is 0 Å². The third kappa shape index (κ3) is 1.95. The lowest BCUT2D eigenvalue weighted by atomic mass is 9.99. The van der Waals surface area contributed by atoms with E-state index in [-0.39, 0.29) is 6.04 Å². The van der Waals surface area contributed by atoms with Crippen molar-refractivity contribution in [2.24, 2.45) is 5.73 Å². The second kappa shape index (κ2) is 4.41. The maximum Gasteiger partial charge on any atom is 0.0746 e. The van der Waals surface area contributed by atoms with Gasteiger partial charge in [-0.3, -0.25) is 9.97 Å². The minimum absolute atomic E-state index is 0.199. The molecule has 0 fully saturated rings. The molecule has 0 aliphatic carbocycles. The Morgan fingerprint density at radius 2 is 1.94 bits per heavy atom. The Kier molecular flexibility index (Phi) is 2.97. The van der Waals surface area contributed by atoms with E-state index in [0.29, 0.717) is 0 Å². The topological polar surface area (TPSA) is 51.8 Å². The van der Waals surface area contributed by atoms with Crippen molar-refractivity contribution in [3.8, 4) is 0 Å². The van der Waals surface area contributed by atoms with Crippen LogP contribution in [0.4, 0.5) is 0 Å². The average Bonchev–Trinajstić information content (AvgIpc) is 2.29. The van der Waals surface area contributed by atoms with Crippen LogP contribution in [0.5, 0.6) is 0 Å². The Bertz CT molecular complexity index is 449. The maximum absolute atomic E-state index is 6.22.